The van der Waals surface area contributed by atoms with Gasteiger partial charge < -0.3 is 9.64 Å². The molecule has 0 aliphatic carbocycles. The van der Waals surface area contributed by atoms with E-state index in [2.05, 4.69) is 9.97 Å². The van der Waals surface area contributed by atoms with Crippen molar-refractivity contribution in [1.29, 1.82) is 0 Å². The van der Waals surface area contributed by atoms with Gasteiger partial charge in [-0.05, 0) is 43.4 Å². The monoisotopic (exact) mass is 343 g/mol. The van der Waals surface area contributed by atoms with E-state index in [1.807, 2.05) is 6.07 Å². The smallest absolute Gasteiger partial charge is 0.257 e. The largest absolute Gasteiger partial charge is 0.379 e. The van der Waals surface area contributed by atoms with E-state index < -0.39 is 0 Å². The first-order valence-corrected chi connectivity index (χ1v) is 8.41. The maximum absolute atomic E-state index is 13.4. The van der Waals surface area contributed by atoms with Crippen molar-refractivity contribution in [3.63, 3.8) is 0 Å². The molecule has 1 amide bonds. The number of piperidine rings is 1. The lowest BCUT2D eigenvalue weighted by Crippen LogP contribution is -2.48. The summed E-state index contributed by atoms with van der Waals surface area (Å²) in [5.74, 6) is -0.0352. The van der Waals surface area contributed by atoms with Crippen molar-refractivity contribution in [3.05, 3.63) is 59.4 Å². The zero-order valence-corrected chi connectivity index (χ0v) is 14.5. The van der Waals surface area contributed by atoms with Crippen LogP contribution < -0.4 is 0 Å². The van der Waals surface area contributed by atoms with Crippen molar-refractivity contribution in [3.8, 4) is 0 Å². The van der Waals surface area contributed by atoms with E-state index >= 15 is 0 Å². The zero-order chi connectivity index (χ0) is 17.8. The molecular weight excluding hydrogens is 321 g/mol. The molecule has 6 heteroatoms. The fraction of sp³-hybridized carbons (Fsp3) is 0.421. The van der Waals surface area contributed by atoms with Crippen molar-refractivity contribution >= 4 is 5.91 Å². The molecule has 2 heterocycles. The molecule has 5 nitrogen and oxygen atoms in total. The van der Waals surface area contributed by atoms with Crippen molar-refractivity contribution in [2.75, 3.05) is 20.2 Å². The predicted octanol–water partition coefficient (Wildman–Crippen LogP) is 2.64. The zero-order valence-electron chi connectivity index (χ0n) is 14.5. The van der Waals surface area contributed by atoms with Gasteiger partial charge in [-0.2, -0.15) is 0 Å². The van der Waals surface area contributed by atoms with Crippen molar-refractivity contribution in [1.82, 2.24) is 14.9 Å². The Balaban J connectivity index is 1.69. The second-order valence-corrected chi connectivity index (χ2v) is 6.43. The van der Waals surface area contributed by atoms with Gasteiger partial charge in [0.1, 0.15) is 12.1 Å². The van der Waals surface area contributed by atoms with Crippen LogP contribution in [0.2, 0.25) is 0 Å². The summed E-state index contributed by atoms with van der Waals surface area (Å²) in [7, 11) is 1.66. The molecule has 0 saturated carbocycles. The topological polar surface area (TPSA) is 55.3 Å². The SMILES string of the molecule is CO[C@H]1CN(C(=O)c2cncnc2C)CC[C@@H]1Cc1cccc(F)c1. The van der Waals surface area contributed by atoms with E-state index in [-0.39, 0.29) is 23.7 Å². The Hall–Kier alpha value is -2.34. The van der Waals surface area contributed by atoms with Gasteiger partial charge in [0.2, 0.25) is 0 Å². The van der Waals surface area contributed by atoms with Crippen LogP contribution in [-0.4, -0.2) is 47.1 Å². The Kier molecular flexibility index (Phi) is 5.38. The number of ether oxygens (including phenoxy) is 1. The summed E-state index contributed by atoms with van der Waals surface area (Å²) in [4.78, 5) is 22.6. The molecule has 1 aliphatic rings. The number of halogens is 1. The third-order valence-corrected chi connectivity index (χ3v) is 4.81. The Bertz CT molecular complexity index is 753. The predicted molar refractivity (Wildman–Crippen MR) is 91.7 cm³/mol. The highest BCUT2D eigenvalue weighted by Crippen LogP contribution is 2.25. The number of hydrogen-bond donors (Lipinski definition) is 0. The maximum atomic E-state index is 13.4. The number of amides is 1. The van der Waals surface area contributed by atoms with Crippen LogP contribution in [0.5, 0.6) is 0 Å². The Morgan fingerprint density at radius 2 is 2.28 bits per heavy atom. The number of hydrogen-bond acceptors (Lipinski definition) is 4. The Morgan fingerprint density at radius 3 is 3.00 bits per heavy atom. The second kappa shape index (κ2) is 7.70. The van der Waals surface area contributed by atoms with Gasteiger partial charge in [0.05, 0.1) is 17.4 Å². The molecule has 0 radical (unpaired) electrons. The van der Waals surface area contributed by atoms with Crippen LogP contribution in [0.4, 0.5) is 4.39 Å². The van der Waals surface area contributed by atoms with Gasteiger partial charge >= 0.3 is 0 Å². The normalized spacial score (nSPS) is 20.5. The number of rotatable bonds is 4. The molecule has 0 unspecified atom stereocenters. The number of benzene rings is 1. The van der Waals surface area contributed by atoms with Gasteiger partial charge in [0, 0.05) is 26.4 Å². The molecule has 25 heavy (non-hydrogen) atoms. The third kappa shape index (κ3) is 4.02. The number of aryl methyl sites for hydroxylation is 1. The molecule has 0 N–H and O–H groups in total. The minimum Gasteiger partial charge on any atom is -0.379 e. The molecule has 1 aromatic carbocycles. The molecule has 1 aliphatic heterocycles. The van der Waals surface area contributed by atoms with Gasteiger partial charge in [-0.15, -0.1) is 0 Å². The fourth-order valence-electron chi connectivity index (χ4n) is 3.39. The van der Waals surface area contributed by atoms with Crippen molar-refractivity contribution in [2.24, 2.45) is 5.92 Å². The number of nitrogens with zero attached hydrogens (tertiary/aromatic N) is 3. The van der Waals surface area contributed by atoms with Gasteiger partial charge in [-0.1, -0.05) is 12.1 Å². The van der Waals surface area contributed by atoms with Crippen LogP contribution >= 0.6 is 0 Å². The highest BCUT2D eigenvalue weighted by molar-refractivity contribution is 5.95. The molecule has 2 aromatic rings. The molecule has 132 valence electrons. The molecule has 1 saturated heterocycles. The molecule has 0 spiro atoms. The first-order chi connectivity index (χ1) is 12.1. The Morgan fingerprint density at radius 1 is 1.44 bits per heavy atom. The molecule has 1 aromatic heterocycles. The van der Waals surface area contributed by atoms with Gasteiger partial charge in [-0.25, -0.2) is 14.4 Å². The van der Waals surface area contributed by atoms with Crippen LogP contribution in [0.3, 0.4) is 0 Å². The van der Waals surface area contributed by atoms with Gasteiger partial charge in [0.15, 0.2) is 0 Å². The standard InChI is InChI=1S/C19H22FN3O2/c1-13-17(10-21-12-22-13)19(24)23-7-6-15(18(11-23)25-2)8-14-4-3-5-16(20)9-14/h3-5,9-10,12,15,18H,6-8,11H2,1-2H3/t15-,18+/m1/s1. The molecule has 1 fully saturated rings. The number of methoxy groups -OCH3 is 1. The summed E-state index contributed by atoms with van der Waals surface area (Å²) < 4.78 is 19.0. The minimum absolute atomic E-state index is 0.0654. The first kappa shape index (κ1) is 17.5. The Labute approximate surface area is 146 Å². The number of carbonyl (C=O) groups excluding carboxylic acids is 1. The number of carbonyl (C=O) groups is 1. The second-order valence-electron chi connectivity index (χ2n) is 6.43. The average molecular weight is 343 g/mol. The van der Waals surface area contributed by atoms with E-state index in [1.165, 1.54) is 12.4 Å². The minimum atomic E-state index is -0.223. The summed E-state index contributed by atoms with van der Waals surface area (Å²) in [6, 6.07) is 6.67. The number of aromatic nitrogens is 2. The lowest BCUT2D eigenvalue weighted by molar-refractivity contribution is -0.00703. The summed E-state index contributed by atoms with van der Waals surface area (Å²) in [6.45, 7) is 2.97. The maximum Gasteiger partial charge on any atom is 0.257 e. The summed E-state index contributed by atoms with van der Waals surface area (Å²) >= 11 is 0. The summed E-state index contributed by atoms with van der Waals surface area (Å²) in [6.07, 6.45) is 4.48. The summed E-state index contributed by atoms with van der Waals surface area (Å²) in [5, 5.41) is 0. The quantitative estimate of drug-likeness (QED) is 0.856. The van der Waals surface area contributed by atoms with Crippen LogP contribution in [0.25, 0.3) is 0 Å². The lowest BCUT2D eigenvalue weighted by atomic mass is 9.87. The number of likely N-dealkylation sites (tertiary alicyclic amines) is 1. The van der Waals surface area contributed by atoms with Crippen molar-refractivity contribution < 1.29 is 13.9 Å². The first-order valence-electron chi connectivity index (χ1n) is 8.41. The third-order valence-electron chi connectivity index (χ3n) is 4.81. The summed E-state index contributed by atoms with van der Waals surface area (Å²) in [5.41, 5.74) is 2.16. The van der Waals surface area contributed by atoms with E-state index in [0.717, 1.165) is 18.4 Å². The molecule has 0 bridgehead atoms. The highest BCUT2D eigenvalue weighted by Gasteiger charge is 2.32. The van der Waals surface area contributed by atoms with Crippen LogP contribution in [-0.2, 0) is 11.2 Å². The molecule has 2 atom stereocenters. The molecular formula is C19H22FN3O2. The van der Waals surface area contributed by atoms with Crippen molar-refractivity contribution in [2.45, 2.75) is 25.9 Å². The van der Waals surface area contributed by atoms with E-state index in [0.29, 0.717) is 24.3 Å². The van der Waals surface area contributed by atoms with Crippen LogP contribution in [0.15, 0.2) is 36.8 Å². The average Bonchev–Trinajstić information content (AvgIpc) is 2.62. The van der Waals surface area contributed by atoms with Crippen LogP contribution in [0.1, 0.15) is 28.0 Å². The fourth-order valence-corrected chi connectivity index (χ4v) is 3.39. The molecule has 3 rings (SSSR count). The van der Waals surface area contributed by atoms with Crippen LogP contribution in [0, 0.1) is 18.7 Å². The van der Waals surface area contributed by atoms with E-state index in [1.54, 1.807) is 37.3 Å². The van der Waals surface area contributed by atoms with E-state index in [4.69, 9.17) is 4.74 Å². The highest BCUT2D eigenvalue weighted by atomic mass is 19.1. The van der Waals surface area contributed by atoms with Gasteiger partial charge in [0.25, 0.3) is 5.91 Å². The van der Waals surface area contributed by atoms with Gasteiger partial charge in [-0.3, -0.25) is 4.79 Å². The lowest BCUT2D eigenvalue weighted by Gasteiger charge is -2.38. The van der Waals surface area contributed by atoms with E-state index in [9.17, 15) is 9.18 Å².